The molecule has 0 aliphatic heterocycles. The first-order chi connectivity index (χ1) is 16.1. The molecule has 1 N–H and O–H groups in total. The highest BCUT2D eigenvalue weighted by Gasteiger charge is 2.16. The molecule has 2 heterocycles. The molecule has 0 saturated heterocycles. The summed E-state index contributed by atoms with van der Waals surface area (Å²) >= 11 is 1.54. The summed E-state index contributed by atoms with van der Waals surface area (Å²) in [5.74, 6) is 0.483. The van der Waals surface area contributed by atoms with Crippen LogP contribution in [0.1, 0.15) is 5.56 Å². The van der Waals surface area contributed by atoms with Crippen molar-refractivity contribution in [1.29, 1.82) is 5.26 Å². The van der Waals surface area contributed by atoms with Gasteiger partial charge in [0.25, 0.3) is 5.91 Å². The third-order valence-electron chi connectivity index (χ3n) is 4.82. The summed E-state index contributed by atoms with van der Waals surface area (Å²) < 4.78 is 12.2. The molecule has 0 radical (unpaired) electrons. The first-order valence-corrected chi connectivity index (χ1v) is 10.8. The normalized spacial score (nSPS) is 11.0. The fourth-order valence-corrected chi connectivity index (χ4v) is 3.96. The van der Waals surface area contributed by atoms with E-state index in [2.05, 4.69) is 5.32 Å². The molecule has 0 aliphatic carbocycles. The number of carbonyl (C=O) groups is 1. The van der Waals surface area contributed by atoms with Gasteiger partial charge in [0.1, 0.15) is 17.3 Å². The Kier molecular flexibility index (Phi) is 6.53. The van der Waals surface area contributed by atoms with E-state index in [0.29, 0.717) is 28.4 Å². The fraction of sp³-hybridized carbons (Fsp3) is 0.0800. The maximum absolute atomic E-state index is 12.9. The molecule has 4 aromatic rings. The summed E-state index contributed by atoms with van der Waals surface area (Å²) in [5, 5.41) is 19.1. The predicted octanol–water partition coefficient (Wildman–Crippen LogP) is 5.16. The smallest absolute Gasteiger partial charge is 0.266 e. The van der Waals surface area contributed by atoms with Gasteiger partial charge in [-0.05, 0) is 41.8 Å². The van der Waals surface area contributed by atoms with Crippen LogP contribution in [0.3, 0.4) is 0 Å². The first-order valence-electron chi connectivity index (χ1n) is 9.97. The lowest BCUT2D eigenvalue weighted by Crippen LogP contribution is -2.13. The minimum Gasteiger partial charge on any atom is -0.493 e. The molecule has 4 rings (SSSR count). The van der Waals surface area contributed by atoms with E-state index in [0.717, 1.165) is 10.6 Å². The van der Waals surface area contributed by atoms with Gasteiger partial charge in [-0.3, -0.25) is 4.79 Å². The van der Waals surface area contributed by atoms with Gasteiger partial charge >= 0.3 is 0 Å². The van der Waals surface area contributed by atoms with Gasteiger partial charge in [-0.25, -0.2) is 4.68 Å². The summed E-state index contributed by atoms with van der Waals surface area (Å²) in [4.78, 5) is 13.8. The number of ether oxygens (including phenoxy) is 2. The molecule has 164 valence electrons. The lowest BCUT2D eigenvalue weighted by Gasteiger charge is -2.10. The minimum absolute atomic E-state index is 0.0461. The molecule has 7 nitrogen and oxygen atoms in total. The quantitative estimate of drug-likeness (QED) is 0.306. The van der Waals surface area contributed by atoms with Crippen molar-refractivity contribution in [3.05, 3.63) is 83.4 Å². The molecule has 0 spiro atoms. The number of hydrogen-bond donors (Lipinski definition) is 1. The van der Waals surface area contributed by atoms with Crippen LogP contribution in [0, 0.1) is 11.3 Å². The number of carbonyl (C=O) groups excluding carboxylic acids is 1. The second-order valence-electron chi connectivity index (χ2n) is 6.88. The van der Waals surface area contributed by atoms with Crippen molar-refractivity contribution in [2.75, 3.05) is 19.5 Å². The van der Waals surface area contributed by atoms with Crippen LogP contribution in [0.15, 0.2) is 77.8 Å². The van der Waals surface area contributed by atoms with E-state index in [9.17, 15) is 10.1 Å². The van der Waals surface area contributed by atoms with Gasteiger partial charge in [0.15, 0.2) is 11.5 Å². The highest BCUT2D eigenvalue weighted by Crippen LogP contribution is 2.31. The molecule has 0 unspecified atom stereocenters. The van der Waals surface area contributed by atoms with Gasteiger partial charge in [-0.15, -0.1) is 11.3 Å². The van der Waals surface area contributed by atoms with Crippen molar-refractivity contribution in [2.24, 2.45) is 0 Å². The van der Waals surface area contributed by atoms with Crippen LogP contribution in [0.5, 0.6) is 11.5 Å². The Hall–Kier alpha value is -4.35. The van der Waals surface area contributed by atoms with Crippen molar-refractivity contribution in [2.45, 2.75) is 0 Å². The van der Waals surface area contributed by atoms with Crippen molar-refractivity contribution in [3.63, 3.8) is 0 Å². The maximum Gasteiger partial charge on any atom is 0.266 e. The third-order valence-corrected chi connectivity index (χ3v) is 5.70. The highest BCUT2D eigenvalue weighted by atomic mass is 32.1. The topological polar surface area (TPSA) is 89.2 Å². The zero-order chi connectivity index (χ0) is 23.2. The van der Waals surface area contributed by atoms with Crippen molar-refractivity contribution < 1.29 is 14.3 Å². The van der Waals surface area contributed by atoms with E-state index in [1.807, 2.05) is 60.1 Å². The molecule has 0 fully saturated rings. The third kappa shape index (κ3) is 4.79. The molecule has 33 heavy (non-hydrogen) atoms. The zero-order valence-electron chi connectivity index (χ0n) is 18.0. The number of amides is 1. The number of aromatic nitrogens is 2. The summed E-state index contributed by atoms with van der Waals surface area (Å²) in [7, 11) is 3.05. The number of methoxy groups -OCH3 is 2. The van der Waals surface area contributed by atoms with E-state index in [-0.39, 0.29) is 5.57 Å². The Labute approximate surface area is 195 Å². The molecule has 2 aromatic carbocycles. The Morgan fingerprint density at radius 1 is 1.09 bits per heavy atom. The Morgan fingerprint density at radius 2 is 1.88 bits per heavy atom. The number of benzene rings is 2. The summed E-state index contributed by atoms with van der Waals surface area (Å²) in [6.45, 7) is 0. The van der Waals surface area contributed by atoms with Crippen molar-refractivity contribution in [3.8, 4) is 33.8 Å². The molecular formula is C25H20N4O3S. The summed E-state index contributed by atoms with van der Waals surface area (Å²) in [6, 6.07) is 20.5. The van der Waals surface area contributed by atoms with Crippen LogP contribution in [-0.2, 0) is 4.79 Å². The number of para-hydroxylation sites is 1. The zero-order valence-corrected chi connectivity index (χ0v) is 18.8. The molecule has 0 atom stereocenters. The number of anilines is 1. The fourth-order valence-electron chi connectivity index (χ4n) is 3.23. The van der Waals surface area contributed by atoms with E-state index < -0.39 is 5.91 Å². The van der Waals surface area contributed by atoms with E-state index >= 15 is 0 Å². The van der Waals surface area contributed by atoms with Crippen LogP contribution in [0.2, 0.25) is 0 Å². The van der Waals surface area contributed by atoms with Crippen LogP contribution in [0.4, 0.5) is 5.69 Å². The monoisotopic (exact) mass is 456 g/mol. The van der Waals surface area contributed by atoms with E-state index in [1.54, 1.807) is 29.0 Å². The van der Waals surface area contributed by atoms with Crippen LogP contribution in [-0.4, -0.2) is 29.9 Å². The first kappa shape index (κ1) is 21.9. The lowest BCUT2D eigenvalue weighted by molar-refractivity contribution is -0.112. The lowest BCUT2D eigenvalue weighted by atomic mass is 10.1. The molecule has 0 saturated carbocycles. The maximum atomic E-state index is 12.9. The Bertz CT molecular complexity index is 1340. The minimum atomic E-state index is -0.533. The van der Waals surface area contributed by atoms with Crippen LogP contribution < -0.4 is 14.8 Å². The van der Waals surface area contributed by atoms with Crippen LogP contribution >= 0.6 is 11.3 Å². The molecule has 0 aliphatic rings. The number of nitriles is 1. The van der Waals surface area contributed by atoms with Gasteiger partial charge in [0.2, 0.25) is 0 Å². The standard InChI is InChI=1S/C25H20N4O3S/c1-31-21-11-10-19(14-22(21)32-2)27-25(30)17(15-26)13-18-16-29(20-7-4-3-5-8-20)28-24(18)23-9-6-12-33-23/h3-14,16H,1-2H3,(H,27,30)/b17-13-. The van der Waals surface area contributed by atoms with E-state index in [4.69, 9.17) is 14.6 Å². The van der Waals surface area contributed by atoms with Crippen molar-refractivity contribution >= 4 is 29.0 Å². The second kappa shape index (κ2) is 9.85. The number of hydrogen-bond acceptors (Lipinski definition) is 6. The van der Waals surface area contributed by atoms with Crippen molar-refractivity contribution in [1.82, 2.24) is 9.78 Å². The SMILES string of the molecule is COc1ccc(NC(=O)/C(C#N)=C\c2cn(-c3ccccc3)nc2-c2cccs2)cc1OC. The summed E-state index contributed by atoms with van der Waals surface area (Å²) in [6.07, 6.45) is 3.36. The largest absolute Gasteiger partial charge is 0.493 e. The molecule has 0 bridgehead atoms. The predicted molar refractivity (Wildman–Crippen MR) is 129 cm³/mol. The molecular weight excluding hydrogens is 436 g/mol. The van der Waals surface area contributed by atoms with Gasteiger partial charge in [-0.2, -0.15) is 10.4 Å². The van der Waals surface area contributed by atoms with E-state index in [1.165, 1.54) is 25.6 Å². The van der Waals surface area contributed by atoms with Gasteiger partial charge in [0.05, 0.1) is 24.8 Å². The number of nitrogens with one attached hydrogen (secondary N) is 1. The Balaban J connectivity index is 1.68. The molecule has 8 heteroatoms. The summed E-state index contributed by atoms with van der Waals surface area (Å²) in [5.41, 5.74) is 2.68. The number of thiophene rings is 1. The van der Waals surface area contributed by atoms with Gasteiger partial charge < -0.3 is 14.8 Å². The molecule has 2 aromatic heterocycles. The molecule has 1 amide bonds. The van der Waals surface area contributed by atoms with Gasteiger partial charge in [0, 0.05) is 23.5 Å². The van der Waals surface area contributed by atoms with Gasteiger partial charge in [-0.1, -0.05) is 24.3 Å². The highest BCUT2D eigenvalue weighted by molar-refractivity contribution is 7.13. The average molecular weight is 457 g/mol. The Morgan fingerprint density at radius 3 is 2.55 bits per heavy atom. The second-order valence-corrected chi connectivity index (χ2v) is 7.83. The average Bonchev–Trinajstić information content (AvgIpc) is 3.53. The number of nitrogens with zero attached hydrogens (tertiary/aromatic N) is 3. The number of rotatable bonds is 7. The van der Waals surface area contributed by atoms with Crippen LogP contribution in [0.25, 0.3) is 22.3 Å².